The number of hydrogen-bond acceptors (Lipinski definition) is 13. The van der Waals surface area contributed by atoms with Gasteiger partial charge in [0, 0.05) is 100 Å². The van der Waals surface area contributed by atoms with Crippen LogP contribution >= 0.6 is 0 Å². The zero-order valence-electron chi connectivity index (χ0n) is 39.1. The molecule has 3 aromatic carbocycles. The highest BCUT2D eigenvalue weighted by atomic mass is 16.5. The van der Waals surface area contributed by atoms with E-state index in [1.54, 1.807) is 35.8 Å². The molecule has 1 unspecified atom stereocenters. The maximum absolute atomic E-state index is 13.7. The van der Waals surface area contributed by atoms with Gasteiger partial charge in [-0.3, -0.25) is 43.7 Å². The molecule has 0 bridgehead atoms. The molecular formula is C52H59N9O7. The number of benzene rings is 3. The Morgan fingerprint density at radius 2 is 1.57 bits per heavy atom. The molecule has 4 fully saturated rings. The van der Waals surface area contributed by atoms with Gasteiger partial charge in [-0.1, -0.05) is 49.2 Å². The highest BCUT2D eigenvalue weighted by Gasteiger charge is 2.41. The number of ketones is 1. The Kier molecular flexibility index (Phi) is 12.4. The number of amides is 3. The summed E-state index contributed by atoms with van der Waals surface area (Å²) < 4.78 is 7.63. The Hall–Kier alpha value is -6.49. The molecule has 3 amide bonds. The fourth-order valence-corrected chi connectivity index (χ4v) is 11.1. The van der Waals surface area contributed by atoms with Crippen LogP contribution in [0.2, 0.25) is 0 Å². The number of ether oxygens (including phenoxy) is 1. The van der Waals surface area contributed by atoms with Crippen LogP contribution in [0.1, 0.15) is 113 Å². The number of piperazine rings is 1. The van der Waals surface area contributed by atoms with Gasteiger partial charge in [0.1, 0.15) is 17.4 Å². The number of imide groups is 1. The number of hydrogen-bond donors (Lipinski definition) is 3. The van der Waals surface area contributed by atoms with E-state index in [2.05, 4.69) is 60.6 Å². The summed E-state index contributed by atoms with van der Waals surface area (Å²) in [5, 5.41) is 18.2. The number of carbonyl (C=O) groups excluding carboxylic acids is 4. The van der Waals surface area contributed by atoms with Crippen LogP contribution in [0, 0.1) is 6.92 Å². The zero-order chi connectivity index (χ0) is 47.3. The Morgan fingerprint density at radius 1 is 0.882 bits per heavy atom. The largest absolute Gasteiger partial charge is 0.495 e. The fourth-order valence-electron chi connectivity index (χ4n) is 11.1. The predicted molar refractivity (Wildman–Crippen MR) is 257 cm³/mol. The summed E-state index contributed by atoms with van der Waals surface area (Å²) in [6.45, 7) is 10.2. The lowest BCUT2D eigenvalue weighted by molar-refractivity contribution is -0.136. The van der Waals surface area contributed by atoms with E-state index in [9.17, 15) is 29.1 Å². The number of aromatic nitrogens is 3. The Morgan fingerprint density at radius 3 is 2.24 bits per heavy atom. The van der Waals surface area contributed by atoms with Crippen molar-refractivity contribution in [3.63, 3.8) is 0 Å². The van der Waals surface area contributed by atoms with Gasteiger partial charge >= 0.3 is 0 Å². The summed E-state index contributed by atoms with van der Waals surface area (Å²) in [7, 11) is 1.68. The smallest absolute Gasteiger partial charge is 0.263 e. The maximum Gasteiger partial charge on any atom is 0.263 e. The van der Waals surface area contributed by atoms with Crippen LogP contribution in [0.4, 0.5) is 17.3 Å². The van der Waals surface area contributed by atoms with Crippen molar-refractivity contribution in [1.82, 2.24) is 34.6 Å². The molecule has 0 radical (unpaired) electrons. The van der Waals surface area contributed by atoms with Crippen LogP contribution < -0.4 is 25.8 Å². The molecule has 16 heteroatoms. The SMILES string of the molecule is COc1cc(Nc2ncc3c(C)c(C(C)=O)c(=O)n(C4CCCC4)c3n2)ccc1N1CCN(Cc2ccc(CN3CCC(O)(c4ccc5c(c4)CN(C4CCC(=O)NC4=O)C5=O)CC3)cc2)CC1. The average Bonchev–Trinajstić information content (AvgIpc) is 3.98. The van der Waals surface area contributed by atoms with Crippen molar-refractivity contribution in [2.24, 2.45) is 0 Å². The monoisotopic (exact) mass is 921 g/mol. The Bertz CT molecular complexity index is 2860. The van der Waals surface area contributed by atoms with Crippen LogP contribution in [0.25, 0.3) is 11.0 Å². The number of aliphatic hydroxyl groups is 1. The quantitative estimate of drug-likeness (QED) is 0.102. The topological polar surface area (TPSA) is 183 Å². The van der Waals surface area contributed by atoms with Crippen LogP contribution in [0.5, 0.6) is 5.75 Å². The van der Waals surface area contributed by atoms with Gasteiger partial charge in [0.2, 0.25) is 17.8 Å². The Balaban J connectivity index is 0.713. The second-order valence-corrected chi connectivity index (χ2v) is 19.3. The van der Waals surface area contributed by atoms with Crippen molar-refractivity contribution in [2.75, 3.05) is 56.6 Å². The molecule has 4 aliphatic heterocycles. The molecule has 5 aromatic rings. The number of piperidine rings is 2. The summed E-state index contributed by atoms with van der Waals surface area (Å²) >= 11 is 0. The van der Waals surface area contributed by atoms with E-state index in [-0.39, 0.29) is 47.7 Å². The molecule has 16 nitrogen and oxygen atoms in total. The lowest BCUT2D eigenvalue weighted by Gasteiger charge is -2.39. The lowest BCUT2D eigenvalue weighted by Crippen LogP contribution is -2.52. The number of carbonyl (C=O) groups is 4. The van der Waals surface area contributed by atoms with Crippen molar-refractivity contribution in [3.05, 3.63) is 116 Å². The van der Waals surface area contributed by atoms with Gasteiger partial charge in [0.25, 0.3) is 11.5 Å². The van der Waals surface area contributed by atoms with Crippen LogP contribution in [0.15, 0.2) is 71.7 Å². The summed E-state index contributed by atoms with van der Waals surface area (Å²) in [4.78, 5) is 81.8. The number of fused-ring (bicyclic) bond motifs is 2. The molecule has 6 heterocycles. The minimum atomic E-state index is -1.00. The molecule has 3 saturated heterocycles. The second kappa shape index (κ2) is 18.5. The molecule has 1 saturated carbocycles. The van der Waals surface area contributed by atoms with Gasteiger partial charge in [-0.25, -0.2) is 4.98 Å². The molecule has 1 atom stereocenters. The molecular weight excluding hydrogens is 863 g/mol. The van der Waals surface area contributed by atoms with E-state index in [0.29, 0.717) is 47.4 Å². The number of anilines is 3. The molecule has 5 aliphatic rings. The van der Waals surface area contributed by atoms with Gasteiger partial charge in [0.05, 0.1) is 24.0 Å². The molecule has 3 N–H and O–H groups in total. The number of rotatable bonds is 12. The molecule has 1 aliphatic carbocycles. The van der Waals surface area contributed by atoms with Crippen molar-refractivity contribution < 1.29 is 29.0 Å². The Labute approximate surface area is 395 Å². The predicted octanol–water partition coefficient (Wildman–Crippen LogP) is 5.74. The first-order valence-electron chi connectivity index (χ1n) is 24.0. The van der Waals surface area contributed by atoms with E-state index in [1.807, 2.05) is 24.3 Å². The van der Waals surface area contributed by atoms with Gasteiger partial charge in [-0.15, -0.1) is 0 Å². The maximum atomic E-state index is 13.7. The first-order valence-corrected chi connectivity index (χ1v) is 24.0. The van der Waals surface area contributed by atoms with Crippen molar-refractivity contribution in [3.8, 4) is 5.75 Å². The normalized spacial score (nSPS) is 20.2. The first-order chi connectivity index (χ1) is 32.8. The number of pyridine rings is 1. The van der Waals surface area contributed by atoms with Gasteiger partial charge in [-0.05, 0) is 92.0 Å². The van der Waals surface area contributed by atoms with Crippen LogP contribution in [-0.2, 0) is 34.8 Å². The summed E-state index contributed by atoms with van der Waals surface area (Å²) in [6, 6.07) is 19.8. The summed E-state index contributed by atoms with van der Waals surface area (Å²) in [5.41, 5.74) is 6.53. The second-order valence-electron chi connectivity index (χ2n) is 19.3. The highest BCUT2D eigenvalue weighted by Crippen LogP contribution is 2.38. The third kappa shape index (κ3) is 8.76. The molecule has 68 heavy (non-hydrogen) atoms. The van der Waals surface area contributed by atoms with E-state index in [0.717, 1.165) is 106 Å². The number of likely N-dealkylation sites (tertiary alicyclic amines) is 1. The summed E-state index contributed by atoms with van der Waals surface area (Å²) in [6.07, 6.45) is 7.22. The van der Waals surface area contributed by atoms with E-state index in [4.69, 9.17) is 9.72 Å². The number of nitrogens with one attached hydrogen (secondary N) is 2. The standard InChI is InChI=1S/C52H59N9O7/c1-32-41-28-53-51(56-47(41)61(39-6-4-5-7-39)50(66)46(32)33(2)62)54-38-13-15-42(44(27-38)68-3)59-24-22-58(23-25-59)30-35-10-8-34(9-11-35)29-57-20-18-52(67,19-21-57)37-12-14-40-36(26-37)31-60(49(40)65)43-16-17-45(63)55-48(43)64/h8-15,26-28,39,43,67H,4-7,16-25,29-31H2,1-3H3,(H,53,54,56)(H,55,63,64). The average molecular weight is 922 g/mol. The number of aryl methyl sites for hydroxylation is 1. The number of Topliss-reactive ketones (excluding diaryl/α,β-unsaturated/α-hetero) is 1. The third-order valence-corrected chi connectivity index (χ3v) is 15.0. The minimum Gasteiger partial charge on any atom is -0.495 e. The fraction of sp³-hybridized carbons (Fsp3) is 0.442. The highest BCUT2D eigenvalue weighted by molar-refractivity contribution is 6.05. The summed E-state index contributed by atoms with van der Waals surface area (Å²) in [5.74, 6) is -0.0842. The lowest BCUT2D eigenvalue weighted by atomic mass is 9.83. The van der Waals surface area contributed by atoms with Gasteiger partial charge in [-0.2, -0.15) is 4.98 Å². The van der Waals surface area contributed by atoms with Gasteiger partial charge in [0.15, 0.2) is 5.78 Å². The zero-order valence-corrected chi connectivity index (χ0v) is 39.1. The van der Waals surface area contributed by atoms with E-state index in [1.165, 1.54) is 18.1 Å². The third-order valence-electron chi connectivity index (χ3n) is 15.0. The molecule has 0 spiro atoms. The first kappa shape index (κ1) is 45.3. The molecule has 2 aromatic heterocycles. The van der Waals surface area contributed by atoms with E-state index < -0.39 is 17.6 Å². The van der Waals surface area contributed by atoms with Crippen molar-refractivity contribution >= 4 is 51.9 Å². The van der Waals surface area contributed by atoms with Crippen molar-refractivity contribution in [2.45, 2.75) is 103 Å². The van der Waals surface area contributed by atoms with Crippen LogP contribution in [-0.4, -0.2) is 110 Å². The number of methoxy groups -OCH3 is 1. The molecule has 354 valence electrons. The van der Waals surface area contributed by atoms with E-state index >= 15 is 0 Å². The van der Waals surface area contributed by atoms with Crippen molar-refractivity contribution in [1.29, 1.82) is 0 Å². The number of nitrogens with zero attached hydrogens (tertiary/aromatic N) is 7. The van der Waals surface area contributed by atoms with Gasteiger partial charge < -0.3 is 25.0 Å². The molecule has 10 rings (SSSR count). The van der Waals surface area contributed by atoms with Crippen LogP contribution in [0.3, 0.4) is 0 Å². The minimum absolute atomic E-state index is 0.00189.